The second-order valence-corrected chi connectivity index (χ2v) is 6.65. The molecule has 1 aromatic carbocycles. The Balaban J connectivity index is 0.00000243. The summed E-state index contributed by atoms with van der Waals surface area (Å²) in [6.45, 7) is 5.79. The van der Waals surface area contributed by atoms with Crippen LogP contribution in [0.1, 0.15) is 22.7 Å². The van der Waals surface area contributed by atoms with Crippen molar-refractivity contribution in [2.45, 2.75) is 19.5 Å². The van der Waals surface area contributed by atoms with Gasteiger partial charge in [0.15, 0.2) is 0 Å². The first-order valence-corrected chi connectivity index (χ1v) is 8.78. The highest BCUT2D eigenvalue weighted by Gasteiger charge is 2.26. The molecule has 140 valence electrons. The molecule has 0 bridgehead atoms. The van der Waals surface area contributed by atoms with E-state index in [-0.39, 0.29) is 24.4 Å². The lowest BCUT2D eigenvalue weighted by Crippen LogP contribution is -2.49. The number of likely N-dealkylation sites (N-methyl/N-ethyl adjacent to an activating group) is 1. The molecule has 0 saturated carbocycles. The maximum absolute atomic E-state index is 12.8. The first-order valence-electron chi connectivity index (χ1n) is 8.78. The third-order valence-corrected chi connectivity index (χ3v) is 4.86. The number of pyridine rings is 1. The lowest BCUT2D eigenvalue weighted by Gasteiger charge is -2.36. The fourth-order valence-electron chi connectivity index (χ4n) is 3.26. The first-order chi connectivity index (χ1) is 12.1. The number of aromatic nitrogens is 1. The number of carbonyl (C=O) groups is 1. The van der Waals surface area contributed by atoms with Crippen molar-refractivity contribution in [3.63, 3.8) is 0 Å². The molecule has 1 amide bonds. The maximum atomic E-state index is 12.8. The molecule has 0 aliphatic carbocycles. The SMILES string of the molecule is Cc1ccccc1CN(C)C(=O)CN1CCNCC1c1cccnc1.Cl. The van der Waals surface area contributed by atoms with E-state index in [9.17, 15) is 4.79 Å². The Morgan fingerprint density at radius 3 is 2.85 bits per heavy atom. The number of carbonyl (C=O) groups excluding carboxylic acids is 1. The van der Waals surface area contributed by atoms with Gasteiger partial charge in [-0.1, -0.05) is 30.3 Å². The summed E-state index contributed by atoms with van der Waals surface area (Å²) in [5.74, 6) is 0.152. The van der Waals surface area contributed by atoms with Crippen LogP contribution >= 0.6 is 12.4 Å². The van der Waals surface area contributed by atoms with Gasteiger partial charge in [-0.2, -0.15) is 0 Å². The largest absolute Gasteiger partial charge is 0.340 e. The molecule has 5 nitrogen and oxygen atoms in total. The summed E-state index contributed by atoms with van der Waals surface area (Å²) in [7, 11) is 1.88. The second-order valence-electron chi connectivity index (χ2n) is 6.65. The molecule has 1 N–H and O–H groups in total. The summed E-state index contributed by atoms with van der Waals surface area (Å²) >= 11 is 0. The zero-order valence-electron chi connectivity index (χ0n) is 15.4. The number of nitrogens with one attached hydrogen (secondary N) is 1. The van der Waals surface area contributed by atoms with Crippen LogP contribution in [0.25, 0.3) is 0 Å². The van der Waals surface area contributed by atoms with Gasteiger partial charge in [-0.15, -0.1) is 12.4 Å². The number of hydrogen-bond acceptors (Lipinski definition) is 4. The lowest BCUT2D eigenvalue weighted by atomic mass is 10.1. The van der Waals surface area contributed by atoms with Crippen LogP contribution in [-0.2, 0) is 11.3 Å². The van der Waals surface area contributed by atoms with Crippen LogP contribution in [0.2, 0.25) is 0 Å². The minimum Gasteiger partial charge on any atom is -0.340 e. The van der Waals surface area contributed by atoms with Gasteiger partial charge in [0, 0.05) is 51.7 Å². The molecule has 6 heteroatoms. The third-order valence-electron chi connectivity index (χ3n) is 4.86. The van der Waals surface area contributed by atoms with Gasteiger partial charge in [0.25, 0.3) is 0 Å². The highest BCUT2D eigenvalue weighted by molar-refractivity contribution is 5.85. The zero-order valence-corrected chi connectivity index (χ0v) is 16.2. The van der Waals surface area contributed by atoms with Crippen molar-refractivity contribution in [1.82, 2.24) is 20.1 Å². The van der Waals surface area contributed by atoms with E-state index < -0.39 is 0 Å². The smallest absolute Gasteiger partial charge is 0.236 e. The van der Waals surface area contributed by atoms with Crippen molar-refractivity contribution in [3.8, 4) is 0 Å². The van der Waals surface area contributed by atoms with E-state index in [1.807, 2.05) is 36.3 Å². The summed E-state index contributed by atoms with van der Waals surface area (Å²) < 4.78 is 0. The Morgan fingerprint density at radius 1 is 1.31 bits per heavy atom. The minimum absolute atomic E-state index is 0. The topological polar surface area (TPSA) is 48.5 Å². The van der Waals surface area contributed by atoms with Crippen LogP contribution in [0, 0.1) is 6.92 Å². The average molecular weight is 375 g/mol. The van der Waals surface area contributed by atoms with Gasteiger partial charge >= 0.3 is 0 Å². The molecule has 1 atom stereocenters. The molecular formula is C20H27ClN4O. The molecule has 1 aliphatic heterocycles. The number of benzene rings is 1. The van der Waals surface area contributed by atoms with Crippen LogP contribution in [0.3, 0.4) is 0 Å². The van der Waals surface area contributed by atoms with Crippen LogP contribution < -0.4 is 5.32 Å². The molecule has 1 saturated heterocycles. The molecule has 1 aliphatic rings. The number of nitrogens with zero attached hydrogens (tertiary/aromatic N) is 3. The normalized spacial score (nSPS) is 17.4. The molecule has 26 heavy (non-hydrogen) atoms. The predicted octanol–water partition coefficient (Wildman–Crippen LogP) is 2.42. The zero-order chi connectivity index (χ0) is 17.6. The van der Waals surface area contributed by atoms with E-state index in [1.54, 1.807) is 6.20 Å². The van der Waals surface area contributed by atoms with Crippen molar-refractivity contribution in [3.05, 3.63) is 65.5 Å². The van der Waals surface area contributed by atoms with E-state index in [2.05, 4.69) is 40.3 Å². The quantitative estimate of drug-likeness (QED) is 0.873. The summed E-state index contributed by atoms with van der Waals surface area (Å²) in [6.07, 6.45) is 3.68. The number of amides is 1. The molecule has 1 aromatic heterocycles. The van der Waals surface area contributed by atoms with Gasteiger partial charge in [-0.05, 0) is 29.7 Å². The molecular weight excluding hydrogens is 348 g/mol. The molecule has 0 spiro atoms. The monoisotopic (exact) mass is 374 g/mol. The maximum Gasteiger partial charge on any atom is 0.236 e. The summed E-state index contributed by atoms with van der Waals surface area (Å²) in [6, 6.07) is 12.5. The second kappa shape index (κ2) is 9.67. The van der Waals surface area contributed by atoms with Crippen LogP contribution in [0.4, 0.5) is 0 Å². The highest BCUT2D eigenvalue weighted by Crippen LogP contribution is 2.21. The van der Waals surface area contributed by atoms with Crippen molar-refractivity contribution in [2.24, 2.45) is 0 Å². The van der Waals surface area contributed by atoms with Crippen LogP contribution in [0.5, 0.6) is 0 Å². The summed E-state index contributed by atoms with van der Waals surface area (Å²) in [4.78, 5) is 21.1. The Morgan fingerprint density at radius 2 is 2.12 bits per heavy atom. The van der Waals surface area contributed by atoms with Crippen molar-refractivity contribution in [2.75, 3.05) is 33.2 Å². The fourth-order valence-corrected chi connectivity index (χ4v) is 3.26. The molecule has 1 fully saturated rings. The number of piperazine rings is 1. The average Bonchev–Trinajstić information content (AvgIpc) is 2.64. The predicted molar refractivity (Wildman–Crippen MR) is 106 cm³/mol. The van der Waals surface area contributed by atoms with Crippen molar-refractivity contribution < 1.29 is 4.79 Å². The minimum atomic E-state index is 0. The van der Waals surface area contributed by atoms with E-state index in [1.165, 1.54) is 11.1 Å². The van der Waals surface area contributed by atoms with Crippen LogP contribution in [-0.4, -0.2) is 53.9 Å². The van der Waals surface area contributed by atoms with Gasteiger partial charge in [-0.25, -0.2) is 0 Å². The van der Waals surface area contributed by atoms with Gasteiger partial charge in [-0.3, -0.25) is 14.7 Å². The molecule has 1 unspecified atom stereocenters. The molecule has 2 heterocycles. The summed E-state index contributed by atoms with van der Waals surface area (Å²) in [5, 5.41) is 3.42. The highest BCUT2D eigenvalue weighted by atomic mass is 35.5. The lowest BCUT2D eigenvalue weighted by molar-refractivity contribution is -0.132. The fraction of sp³-hybridized carbons (Fsp3) is 0.400. The van der Waals surface area contributed by atoms with Crippen molar-refractivity contribution in [1.29, 1.82) is 0 Å². The number of hydrogen-bond donors (Lipinski definition) is 1. The first kappa shape index (κ1) is 20.4. The third kappa shape index (κ3) is 5.04. The summed E-state index contributed by atoms with van der Waals surface area (Å²) in [5.41, 5.74) is 3.57. The van der Waals surface area contributed by atoms with Crippen LogP contribution in [0.15, 0.2) is 48.8 Å². The Bertz CT molecular complexity index is 710. The van der Waals surface area contributed by atoms with E-state index in [0.717, 1.165) is 25.2 Å². The molecule has 0 radical (unpaired) electrons. The van der Waals surface area contributed by atoms with E-state index in [4.69, 9.17) is 0 Å². The van der Waals surface area contributed by atoms with Gasteiger partial charge < -0.3 is 10.2 Å². The number of rotatable bonds is 5. The number of aryl methyl sites for hydroxylation is 1. The molecule has 3 rings (SSSR count). The Labute approximate surface area is 161 Å². The van der Waals surface area contributed by atoms with Gasteiger partial charge in [0.2, 0.25) is 5.91 Å². The van der Waals surface area contributed by atoms with E-state index >= 15 is 0 Å². The Hall–Kier alpha value is -1.95. The van der Waals surface area contributed by atoms with Gasteiger partial charge in [0.1, 0.15) is 0 Å². The standard InChI is InChI=1S/C20H26N4O.ClH/c1-16-6-3-4-7-18(16)14-23(2)20(25)15-24-11-10-22-13-19(24)17-8-5-9-21-12-17;/h3-9,12,19,22H,10-11,13-15H2,1-2H3;1H. The molecule has 2 aromatic rings. The Kier molecular flexibility index (Phi) is 7.57. The van der Waals surface area contributed by atoms with Crippen molar-refractivity contribution >= 4 is 18.3 Å². The van der Waals surface area contributed by atoms with Gasteiger partial charge in [0.05, 0.1) is 6.54 Å². The number of halogens is 1. The van der Waals surface area contributed by atoms with E-state index in [0.29, 0.717) is 13.1 Å².